The number of piperidine rings is 2. The zero-order chi connectivity index (χ0) is 27.5. The average Bonchev–Trinajstić information content (AvgIpc) is 3.33. The summed E-state index contributed by atoms with van der Waals surface area (Å²) in [4.78, 5) is 51.8. The Bertz CT molecular complexity index is 1140. The van der Waals surface area contributed by atoms with Gasteiger partial charge < -0.3 is 20.1 Å². The number of rotatable bonds is 4. The fraction of sp³-hybridized carbons (Fsp3) is 0.677. The number of hydrogen-bond donors (Lipinski definition) is 2. The quantitative estimate of drug-likeness (QED) is 0.610. The number of carbonyl (C=O) groups is 3. The van der Waals surface area contributed by atoms with Gasteiger partial charge in [-0.25, -0.2) is 4.98 Å². The van der Waals surface area contributed by atoms with Crippen molar-refractivity contribution in [2.75, 3.05) is 19.6 Å². The maximum absolute atomic E-state index is 13.6. The lowest BCUT2D eigenvalue weighted by Gasteiger charge is -2.51. The third-order valence-electron chi connectivity index (χ3n) is 9.20. The minimum atomic E-state index is 0.0985. The second kappa shape index (κ2) is 12.1. The molecule has 5 rings (SSSR count). The molecule has 0 spiro atoms. The SMILES string of the molecule is CC(C)[C@@H]1CC[C@@H](C)CC(=O)N2C[C@H]3C[C@@H](CN(C(=O)CCc4nc5ccccc5[nH]4)C3)[C@@H]2CCCC(=O)N1. The second-order valence-electron chi connectivity index (χ2n) is 12.7. The number of aromatic amines is 1. The molecule has 3 aliphatic heterocycles. The minimum absolute atomic E-state index is 0.0985. The Morgan fingerprint density at radius 3 is 2.72 bits per heavy atom. The Morgan fingerprint density at radius 1 is 1.10 bits per heavy atom. The predicted molar refractivity (Wildman–Crippen MR) is 152 cm³/mol. The normalized spacial score (nSPS) is 28.9. The molecule has 212 valence electrons. The minimum Gasteiger partial charge on any atom is -0.353 e. The van der Waals surface area contributed by atoms with Crippen molar-refractivity contribution in [3.05, 3.63) is 30.1 Å². The molecule has 0 radical (unpaired) electrons. The number of amides is 3. The first-order valence-electron chi connectivity index (χ1n) is 15.1. The van der Waals surface area contributed by atoms with Crippen LogP contribution in [0.1, 0.15) is 78.0 Å². The van der Waals surface area contributed by atoms with Crippen LogP contribution in [-0.4, -0.2) is 69.2 Å². The first-order valence-corrected chi connectivity index (χ1v) is 15.1. The highest BCUT2D eigenvalue weighted by molar-refractivity contribution is 5.79. The first-order chi connectivity index (χ1) is 18.8. The molecule has 1 aromatic heterocycles. The number of para-hydroxylation sites is 2. The van der Waals surface area contributed by atoms with Crippen LogP contribution < -0.4 is 5.32 Å². The lowest BCUT2D eigenvalue weighted by Crippen LogP contribution is -2.60. The summed E-state index contributed by atoms with van der Waals surface area (Å²) in [6, 6.07) is 8.20. The lowest BCUT2D eigenvalue weighted by atomic mass is 9.77. The smallest absolute Gasteiger partial charge is 0.223 e. The van der Waals surface area contributed by atoms with Gasteiger partial charge in [-0.05, 0) is 67.9 Å². The highest BCUT2D eigenvalue weighted by atomic mass is 16.2. The standard InChI is InChI=1S/C31H45N5O3/c1-20(2)24-12-11-21(3)15-31(39)36-18-22-16-23(27(36)9-6-10-29(37)34-24)19-35(17-22)30(38)14-13-28-32-25-7-4-5-8-26(25)33-28/h4-5,7-8,20-24,27H,6,9-19H2,1-3H3,(H,32,33)(H,34,37)/t21-,22+,23+,24+,27+/m1/s1. The van der Waals surface area contributed by atoms with E-state index in [1.165, 1.54) is 0 Å². The van der Waals surface area contributed by atoms with Crippen molar-refractivity contribution in [3.8, 4) is 0 Å². The molecule has 3 fully saturated rings. The number of aromatic nitrogens is 2. The summed E-state index contributed by atoms with van der Waals surface area (Å²) in [5, 5.41) is 3.26. The second-order valence-corrected chi connectivity index (χ2v) is 12.7. The molecule has 5 atom stereocenters. The molecule has 3 saturated heterocycles. The maximum atomic E-state index is 13.6. The lowest BCUT2D eigenvalue weighted by molar-refractivity contribution is -0.146. The van der Waals surface area contributed by atoms with Gasteiger partial charge in [0, 0.05) is 57.4 Å². The molecule has 0 unspecified atom stereocenters. The molecule has 8 heteroatoms. The molecule has 3 aliphatic rings. The molecule has 39 heavy (non-hydrogen) atoms. The Kier molecular flexibility index (Phi) is 8.57. The number of nitrogens with one attached hydrogen (secondary N) is 2. The van der Waals surface area contributed by atoms with Gasteiger partial charge in [-0.15, -0.1) is 0 Å². The van der Waals surface area contributed by atoms with Gasteiger partial charge in [-0.3, -0.25) is 14.4 Å². The van der Waals surface area contributed by atoms with Crippen molar-refractivity contribution in [2.45, 2.75) is 90.6 Å². The number of imidazole rings is 1. The monoisotopic (exact) mass is 535 g/mol. The predicted octanol–water partition coefficient (Wildman–Crippen LogP) is 4.30. The van der Waals surface area contributed by atoms with Crippen LogP contribution in [0.15, 0.2) is 24.3 Å². The van der Waals surface area contributed by atoms with E-state index in [0.29, 0.717) is 44.1 Å². The Labute approximate surface area is 232 Å². The first kappa shape index (κ1) is 27.7. The topological polar surface area (TPSA) is 98.4 Å². The molecule has 8 nitrogen and oxygen atoms in total. The number of H-pyrrole nitrogens is 1. The van der Waals surface area contributed by atoms with Crippen LogP contribution in [0.3, 0.4) is 0 Å². The number of benzene rings is 1. The molecular weight excluding hydrogens is 490 g/mol. The van der Waals surface area contributed by atoms with Crippen molar-refractivity contribution < 1.29 is 14.4 Å². The number of nitrogens with zero attached hydrogens (tertiary/aromatic N) is 3. The van der Waals surface area contributed by atoms with E-state index >= 15 is 0 Å². The van der Waals surface area contributed by atoms with Crippen LogP contribution in [-0.2, 0) is 20.8 Å². The largest absolute Gasteiger partial charge is 0.353 e. The Balaban J connectivity index is 1.24. The van der Waals surface area contributed by atoms with Crippen LogP contribution in [0.5, 0.6) is 0 Å². The summed E-state index contributed by atoms with van der Waals surface area (Å²) in [6.45, 7) is 8.62. The highest BCUT2D eigenvalue weighted by Gasteiger charge is 2.43. The Hall–Kier alpha value is -2.90. The fourth-order valence-electron chi connectivity index (χ4n) is 7.02. The Morgan fingerprint density at radius 2 is 1.92 bits per heavy atom. The van der Waals surface area contributed by atoms with Gasteiger partial charge in [0.25, 0.3) is 0 Å². The van der Waals surface area contributed by atoms with Crippen LogP contribution in [0.2, 0.25) is 0 Å². The molecular formula is C31H45N5O3. The average molecular weight is 536 g/mol. The van der Waals surface area contributed by atoms with Gasteiger partial charge in [-0.1, -0.05) is 32.9 Å². The zero-order valence-electron chi connectivity index (χ0n) is 23.8. The van der Waals surface area contributed by atoms with Crippen molar-refractivity contribution in [2.24, 2.45) is 23.7 Å². The van der Waals surface area contributed by atoms with E-state index in [-0.39, 0.29) is 41.6 Å². The molecule has 3 amide bonds. The van der Waals surface area contributed by atoms with E-state index < -0.39 is 0 Å². The third-order valence-corrected chi connectivity index (χ3v) is 9.20. The van der Waals surface area contributed by atoms with E-state index in [0.717, 1.165) is 62.1 Å². The van der Waals surface area contributed by atoms with E-state index in [1.807, 2.05) is 29.2 Å². The number of carbonyl (C=O) groups excluding carboxylic acids is 3. The van der Waals surface area contributed by atoms with Gasteiger partial charge in [0.1, 0.15) is 5.82 Å². The summed E-state index contributed by atoms with van der Waals surface area (Å²) in [7, 11) is 0. The summed E-state index contributed by atoms with van der Waals surface area (Å²) in [5.41, 5.74) is 1.93. The summed E-state index contributed by atoms with van der Waals surface area (Å²) < 4.78 is 0. The summed E-state index contributed by atoms with van der Waals surface area (Å²) in [6.07, 6.45) is 6.58. The van der Waals surface area contributed by atoms with E-state index in [2.05, 4.69) is 41.0 Å². The highest BCUT2D eigenvalue weighted by Crippen LogP contribution is 2.37. The molecule has 2 N–H and O–H groups in total. The van der Waals surface area contributed by atoms with E-state index in [4.69, 9.17) is 0 Å². The summed E-state index contributed by atoms with van der Waals surface area (Å²) in [5.74, 6) is 2.65. The number of hydrogen-bond acceptors (Lipinski definition) is 4. The third kappa shape index (κ3) is 6.64. The number of fused-ring (bicyclic) bond motifs is 5. The van der Waals surface area contributed by atoms with E-state index in [1.54, 1.807) is 0 Å². The van der Waals surface area contributed by atoms with Gasteiger partial charge in [0.15, 0.2) is 0 Å². The van der Waals surface area contributed by atoms with Crippen LogP contribution in [0.25, 0.3) is 11.0 Å². The molecule has 2 bridgehead atoms. The zero-order valence-corrected chi connectivity index (χ0v) is 23.8. The summed E-state index contributed by atoms with van der Waals surface area (Å²) >= 11 is 0. The van der Waals surface area contributed by atoms with Gasteiger partial charge in [-0.2, -0.15) is 0 Å². The maximum Gasteiger partial charge on any atom is 0.223 e. The van der Waals surface area contributed by atoms with E-state index in [9.17, 15) is 14.4 Å². The van der Waals surface area contributed by atoms with Gasteiger partial charge in [0.05, 0.1) is 11.0 Å². The number of aryl methyl sites for hydroxylation is 1. The molecule has 0 saturated carbocycles. The van der Waals surface area contributed by atoms with Crippen molar-refractivity contribution >= 4 is 28.8 Å². The van der Waals surface area contributed by atoms with Crippen molar-refractivity contribution in [1.82, 2.24) is 25.1 Å². The van der Waals surface area contributed by atoms with Crippen LogP contribution >= 0.6 is 0 Å². The van der Waals surface area contributed by atoms with Crippen LogP contribution in [0, 0.1) is 23.7 Å². The molecule has 1 aromatic carbocycles. The van der Waals surface area contributed by atoms with Crippen LogP contribution in [0.4, 0.5) is 0 Å². The molecule has 2 aromatic rings. The van der Waals surface area contributed by atoms with Crippen molar-refractivity contribution in [1.29, 1.82) is 0 Å². The number of likely N-dealkylation sites (tertiary alicyclic amines) is 1. The van der Waals surface area contributed by atoms with Gasteiger partial charge >= 0.3 is 0 Å². The van der Waals surface area contributed by atoms with Crippen molar-refractivity contribution in [3.63, 3.8) is 0 Å². The fourth-order valence-corrected chi connectivity index (χ4v) is 7.02. The molecule has 4 heterocycles. The molecule has 0 aliphatic carbocycles. The van der Waals surface area contributed by atoms with Gasteiger partial charge in [0.2, 0.25) is 17.7 Å².